The third-order valence-electron chi connectivity index (χ3n) is 5.77. The first-order valence-corrected chi connectivity index (χ1v) is 19.0. The predicted octanol–water partition coefficient (Wildman–Crippen LogP) is 5.48. The molecule has 0 bridgehead atoms. The molecule has 0 fully saturated rings. The van der Waals surface area contributed by atoms with E-state index in [0.717, 1.165) is 44.8 Å². The summed E-state index contributed by atoms with van der Waals surface area (Å²) in [5, 5.41) is 3.09. The van der Waals surface area contributed by atoms with E-state index < -0.39 is 16.6 Å². The molecule has 0 spiro atoms. The summed E-state index contributed by atoms with van der Waals surface area (Å²) in [6.07, 6.45) is 7.68. The molecule has 0 aliphatic heterocycles. The van der Waals surface area contributed by atoms with Gasteiger partial charge in [-0.3, -0.25) is 4.79 Å². The molecular formula is C25H53N2O4Si2+. The Morgan fingerprint density at radius 3 is 2.03 bits per heavy atom. The number of hydrogen-bond acceptors (Lipinski definition) is 4. The zero-order valence-electron chi connectivity index (χ0n) is 23.0. The van der Waals surface area contributed by atoms with Crippen LogP contribution in [0.2, 0.25) is 38.3 Å². The van der Waals surface area contributed by atoms with E-state index in [2.05, 4.69) is 59.1 Å². The highest BCUT2D eigenvalue weighted by Crippen LogP contribution is 2.25. The Kier molecular flexibility index (Phi) is 15.4. The van der Waals surface area contributed by atoms with Crippen LogP contribution in [-0.4, -0.2) is 73.3 Å². The second-order valence-corrected chi connectivity index (χ2v) is 20.2. The van der Waals surface area contributed by atoms with Crippen molar-refractivity contribution in [3.05, 3.63) is 12.2 Å². The molecule has 0 rings (SSSR count). The molecular weight excluding hydrogens is 448 g/mol. The third kappa shape index (κ3) is 18.1. The molecule has 33 heavy (non-hydrogen) atoms. The topological polar surface area (TPSA) is 64.6 Å². The van der Waals surface area contributed by atoms with Gasteiger partial charge in [0.05, 0.1) is 27.2 Å². The van der Waals surface area contributed by atoms with Crippen LogP contribution in [0.1, 0.15) is 58.8 Å². The Bertz CT molecular complexity index is 607. The molecule has 0 unspecified atom stereocenters. The first kappa shape index (κ1) is 32.0. The number of amides is 1. The van der Waals surface area contributed by atoms with Gasteiger partial charge in [-0.1, -0.05) is 39.2 Å². The normalized spacial score (nSPS) is 12.5. The third-order valence-corrected chi connectivity index (χ3v) is 13.3. The fourth-order valence-corrected chi connectivity index (χ4v) is 13.0. The highest BCUT2D eigenvalue weighted by atomic mass is 28.4. The van der Waals surface area contributed by atoms with E-state index in [0.29, 0.717) is 23.2 Å². The predicted molar refractivity (Wildman–Crippen MR) is 144 cm³/mol. The number of rotatable bonds is 19. The van der Waals surface area contributed by atoms with E-state index in [-0.39, 0.29) is 11.9 Å². The van der Waals surface area contributed by atoms with E-state index in [9.17, 15) is 9.59 Å². The minimum absolute atomic E-state index is 0.103. The average molecular weight is 502 g/mol. The van der Waals surface area contributed by atoms with Gasteiger partial charge in [0.15, 0.2) is 23.2 Å². The van der Waals surface area contributed by atoms with Crippen LogP contribution < -0.4 is 5.32 Å². The van der Waals surface area contributed by atoms with E-state index in [1.54, 1.807) is 6.92 Å². The quantitative estimate of drug-likeness (QED) is 0.0837. The van der Waals surface area contributed by atoms with Gasteiger partial charge in [-0.25, -0.2) is 4.79 Å². The molecule has 0 aliphatic carbocycles. The highest BCUT2D eigenvalue weighted by Gasteiger charge is 2.32. The number of nitrogens with zero attached hydrogens (tertiary/aromatic N) is 1. The smallest absolute Gasteiger partial charge is 0.333 e. The second kappa shape index (κ2) is 15.8. The van der Waals surface area contributed by atoms with Gasteiger partial charge in [0.25, 0.3) is 5.91 Å². The van der Waals surface area contributed by atoms with E-state index >= 15 is 0 Å². The Hall–Kier alpha value is -0.966. The number of likely N-dealkylation sites (N-methyl/N-ethyl adjacent to an activating group) is 1. The minimum Gasteiger partial charge on any atom is -0.462 e. The lowest BCUT2D eigenvalue weighted by Gasteiger charge is -2.34. The maximum absolute atomic E-state index is 12.4. The summed E-state index contributed by atoms with van der Waals surface area (Å²) in [6.45, 7) is 19.4. The summed E-state index contributed by atoms with van der Waals surface area (Å²) in [4.78, 5) is 23.7. The number of esters is 1. The number of quaternary nitrogens is 1. The molecule has 1 amide bonds. The Morgan fingerprint density at radius 2 is 1.48 bits per heavy atom. The maximum atomic E-state index is 12.4. The van der Waals surface area contributed by atoms with Crippen LogP contribution in [0.3, 0.4) is 0 Å². The van der Waals surface area contributed by atoms with Gasteiger partial charge in [0.2, 0.25) is 0 Å². The van der Waals surface area contributed by atoms with Crippen molar-refractivity contribution in [3.63, 3.8) is 0 Å². The Labute approximate surface area is 206 Å². The Balaban J connectivity index is 4.04. The standard InChI is InChI=1S/C25H52N2O4Si2/c1-10-11-15-20-32(6,7)31-33(8,9)21-16-12-17-26-24(28)22-27(4,5)18-13-14-19-30-25(29)23(2)3/h2,10-22H2,1,3-9H3/p+1. The molecule has 0 saturated carbocycles. The summed E-state index contributed by atoms with van der Waals surface area (Å²) < 4.78 is 12.5. The van der Waals surface area contributed by atoms with E-state index in [1.165, 1.54) is 25.3 Å². The Morgan fingerprint density at radius 1 is 0.909 bits per heavy atom. The lowest BCUT2D eigenvalue weighted by Crippen LogP contribution is -2.48. The molecule has 194 valence electrons. The summed E-state index contributed by atoms with van der Waals surface area (Å²) in [6, 6.07) is 2.42. The van der Waals surface area contributed by atoms with Crippen LogP contribution in [0, 0.1) is 0 Å². The van der Waals surface area contributed by atoms with Gasteiger partial charge in [-0.05, 0) is 64.5 Å². The van der Waals surface area contributed by atoms with E-state index in [1.807, 2.05) is 0 Å². The van der Waals surface area contributed by atoms with Gasteiger partial charge in [0, 0.05) is 12.1 Å². The fraction of sp³-hybridized carbons (Fsp3) is 0.840. The second-order valence-electron chi connectivity index (χ2n) is 11.3. The first-order chi connectivity index (χ1) is 15.2. The molecule has 0 atom stereocenters. The van der Waals surface area contributed by atoms with Gasteiger partial charge < -0.3 is 18.7 Å². The van der Waals surface area contributed by atoms with Crippen molar-refractivity contribution in [1.82, 2.24) is 5.32 Å². The van der Waals surface area contributed by atoms with Gasteiger partial charge in [-0.15, -0.1) is 0 Å². The van der Waals surface area contributed by atoms with Crippen molar-refractivity contribution in [2.75, 3.05) is 40.3 Å². The van der Waals surface area contributed by atoms with Crippen molar-refractivity contribution in [2.24, 2.45) is 0 Å². The van der Waals surface area contributed by atoms with Gasteiger partial charge >= 0.3 is 5.97 Å². The summed E-state index contributed by atoms with van der Waals surface area (Å²) in [7, 11) is 0.938. The van der Waals surface area contributed by atoms with Crippen LogP contribution in [0.5, 0.6) is 0 Å². The van der Waals surface area contributed by atoms with Crippen molar-refractivity contribution in [2.45, 2.75) is 97.1 Å². The molecule has 0 saturated heterocycles. The molecule has 0 aromatic heterocycles. The maximum Gasteiger partial charge on any atom is 0.333 e. The van der Waals surface area contributed by atoms with E-state index in [4.69, 9.17) is 8.85 Å². The average Bonchev–Trinajstić information content (AvgIpc) is 2.65. The van der Waals surface area contributed by atoms with Crippen molar-refractivity contribution < 1.29 is 22.9 Å². The molecule has 0 radical (unpaired) electrons. The molecule has 1 N–H and O–H groups in total. The molecule has 6 nitrogen and oxygen atoms in total. The molecule has 0 aromatic rings. The van der Waals surface area contributed by atoms with Crippen LogP contribution in [0.4, 0.5) is 0 Å². The van der Waals surface area contributed by atoms with Gasteiger partial charge in [0.1, 0.15) is 0 Å². The fourth-order valence-electron chi connectivity index (χ4n) is 4.01. The minimum atomic E-state index is -1.64. The zero-order chi connectivity index (χ0) is 25.5. The number of carbonyl (C=O) groups excluding carboxylic acids is 2. The summed E-state index contributed by atoms with van der Waals surface area (Å²) >= 11 is 0. The number of unbranched alkanes of at least 4 members (excludes halogenated alkanes) is 4. The van der Waals surface area contributed by atoms with Crippen LogP contribution in [-0.2, 0) is 18.4 Å². The molecule has 0 heterocycles. The zero-order valence-corrected chi connectivity index (χ0v) is 25.0. The lowest BCUT2D eigenvalue weighted by atomic mass is 10.2. The lowest BCUT2D eigenvalue weighted by molar-refractivity contribution is -0.882. The number of nitrogens with one attached hydrogen (secondary N) is 1. The first-order valence-electron chi connectivity index (χ1n) is 12.8. The van der Waals surface area contributed by atoms with Crippen LogP contribution in [0.15, 0.2) is 12.2 Å². The molecule has 0 aliphatic rings. The summed E-state index contributed by atoms with van der Waals surface area (Å²) in [5.74, 6) is -0.232. The highest BCUT2D eigenvalue weighted by molar-refractivity contribution is 6.84. The van der Waals surface area contributed by atoms with Gasteiger partial charge in [-0.2, -0.15) is 0 Å². The summed E-state index contributed by atoms with van der Waals surface area (Å²) in [5.41, 5.74) is 0.425. The van der Waals surface area contributed by atoms with Crippen molar-refractivity contribution >= 4 is 28.5 Å². The largest absolute Gasteiger partial charge is 0.462 e. The van der Waals surface area contributed by atoms with Crippen LogP contribution in [0.25, 0.3) is 0 Å². The van der Waals surface area contributed by atoms with Crippen molar-refractivity contribution in [3.8, 4) is 0 Å². The number of hydrogen-bond donors (Lipinski definition) is 1. The molecule has 8 heteroatoms. The number of carbonyl (C=O) groups is 2. The van der Waals surface area contributed by atoms with Crippen LogP contribution >= 0.6 is 0 Å². The van der Waals surface area contributed by atoms with Crippen molar-refractivity contribution in [1.29, 1.82) is 0 Å². The monoisotopic (exact) mass is 501 g/mol. The number of ether oxygens (including phenoxy) is 1. The molecule has 0 aromatic carbocycles. The SMILES string of the molecule is C=C(C)C(=O)OCCCC[N+](C)(C)CC(=O)NCCCC[Si](C)(C)O[Si](C)(C)CCCCC.